The lowest BCUT2D eigenvalue weighted by Gasteiger charge is -2.21. The van der Waals surface area contributed by atoms with Gasteiger partial charge in [0, 0.05) is 32.7 Å². The number of ether oxygens (including phenoxy) is 2. The minimum absolute atomic E-state index is 0.0609. The number of hydrogen-bond donors (Lipinski definition) is 0. The summed E-state index contributed by atoms with van der Waals surface area (Å²) in [6.07, 6.45) is 1.95. The van der Waals surface area contributed by atoms with Crippen LogP contribution in [0.3, 0.4) is 0 Å². The molecule has 0 aromatic heterocycles. The molecule has 0 atom stereocenters. The zero-order chi connectivity index (χ0) is 13.9. The van der Waals surface area contributed by atoms with Crippen LogP contribution in [0.2, 0.25) is 0 Å². The zero-order valence-corrected chi connectivity index (χ0v) is 12.5. The van der Waals surface area contributed by atoms with Crippen LogP contribution in [-0.2, 0) is 15.9 Å². The second kappa shape index (κ2) is 9.96. The maximum atomic E-state index is 5.55. The van der Waals surface area contributed by atoms with Gasteiger partial charge in [0.15, 0.2) is 6.29 Å². The molecule has 3 nitrogen and oxygen atoms in total. The van der Waals surface area contributed by atoms with Crippen LogP contribution in [0.5, 0.6) is 0 Å². The van der Waals surface area contributed by atoms with Crippen molar-refractivity contribution in [2.45, 2.75) is 33.0 Å². The Morgan fingerprint density at radius 3 is 2.21 bits per heavy atom. The van der Waals surface area contributed by atoms with Gasteiger partial charge in [-0.1, -0.05) is 30.3 Å². The largest absolute Gasteiger partial charge is 0.353 e. The van der Waals surface area contributed by atoms with Gasteiger partial charge in [-0.05, 0) is 32.9 Å². The minimum Gasteiger partial charge on any atom is -0.353 e. The van der Waals surface area contributed by atoms with Gasteiger partial charge in [0.2, 0.25) is 0 Å². The Labute approximate surface area is 117 Å². The number of hydrogen-bond acceptors (Lipinski definition) is 3. The number of benzene rings is 1. The molecule has 0 saturated heterocycles. The van der Waals surface area contributed by atoms with Crippen molar-refractivity contribution in [1.82, 2.24) is 4.90 Å². The zero-order valence-electron chi connectivity index (χ0n) is 12.5. The van der Waals surface area contributed by atoms with Crippen molar-refractivity contribution in [2.24, 2.45) is 0 Å². The molecule has 108 valence electrons. The van der Waals surface area contributed by atoms with Gasteiger partial charge in [0.1, 0.15) is 0 Å². The summed E-state index contributed by atoms with van der Waals surface area (Å²) in [5.74, 6) is 0. The van der Waals surface area contributed by atoms with E-state index in [0.29, 0.717) is 13.2 Å². The molecule has 0 unspecified atom stereocenters. The van der Waals surface area contributed by atoms with Crippen LogP contribution in [0.15, 0.2) is 30.3 Å². The first-order valence-corrected chi connectivity index (χ1v) is 7.22. The van der Waals surface area contributed by atoms with Gasteiger partial charge in [0.25, 0.3) is 0 Å². The molecule has 0 heterocycles. The van der Waals surface area contributed by atoms with Gasteiger partial charge in [0.05, 0.1) is 0 Å². The Balaban J connectivity index is 2.21. The molecule has 0 fully saturated rings. The molecule has 0 N–H and O–H groups in total. The summed E-state index contributed by atoms with van der Waals surface area (Å²) in [4.78, 5) is 2.33. The fraction of sp³-hybridized carbons (Fsp3) is 0.625. The summed E-state index contributed by atoms with van der Waals surface area (Å²) in [6.45, 7) is 7.49. The molecule has 0 saturated carbocycles. The number of rotatable bonds is 10. The van der Waals surface area contributed by atoms with Gasteiger partial charge in [-0.3, -0.25) is 0 Å². The van der Waals surface area contributed by atoms with Crippen LogP contribution >= 0.6 is 0 Å². The molecule has 0 aliphatic rings. The molecule has 1 aromatic rings. The van der Waals surface area contributed by atoms with Crippen LogP contribution in [-0.4, -0.2) is 44.5 Å². The van der Waals surface area contributed by atoms with Gasteiger partial charge < -0.3 is 14.4 Å². The van der Waals surface area contributed by atoms with Crippen molar-refractivity contribution in [3.8, 4) is 0 Å². The van der Waals surface area contributed by atoms with E-state index in [1.165, 1.54) is 5.56 Å². The average molecular weight is 265 g/mol. The highest BCUT2D eigenvalue weighted by molar-refractivity contribution is 5.14. The average Bonchev–Trinajstić information content (AvgIpc) is 2.44. The molecule has 1 aromatic carbocycles. The molecule has 0 aliphatic carbocycles. The van der Waals surface area contributed by atoms with Crippen molar-refractivity contribution in [3.63, 3.8) is 0 Å². The SMILES string of the molecule is CCOC(CCN(C)CCc1ccccc1)OCC. The topological polar surface area (TPSA) is 21.7 Å². The van der Waals surface area contributed by atoms with E-state index in [1.807, 2.05) is 13.8 Å². The molecule has 0 amide bonds. The van der Waals surface area contributed by atoms with E-state index in [4.69, 9.17) is 9.47 Å². The van der Waals surface area contributed by atoms with E-state index in [0.717, 1.165) is 25.9 Å². The van der Waals surface area contributed by atoms with Crippen molar-refractivity contribution in [3.05, 3.63) is 35.9 Å². The molecule has 1 rings (SSSR count). The lowest BCUT2D eigenvalue weighted by atomic mass is 10.1. The number of nitrogens with zero attached hydrogens (tertiary/aromatic N) is 1. The van der Waals surface area contributed by atoms with Crippen LogP contribution in [0, 0.1) is 0 Å². The first-order valence-electron chi connectivity index (χ1n) is 7.22. The third kappa shape index (κ3) is 7.31. The van der Waals surface area contributed by atoms with E-state index < -0.39 is 0 Å². The quantitative estimate of drug-likeness (QED) is 0.607. The molecule has 0 aliphatic heterocycles. The van der Waals surface area contributed by atoms with E-state index in [-0.39, 0.29) is 6.29 Å². The van der Waals surface area contributed by atoms with E-state index >= 15 is 0 Å². The van der Waals surface area contributed by atoms with Crippen LogP contribution < -0.4 is 0 Å². The first-order chi connectivity index (χ1) is 9.26. The lowest BCUT2D eigenvalue weighted by Crippen LogP contribution is -2.28. The normalized spacial score (nSPS) is 11.4. The van der Waals surface area contributed by atoms with Gasteiger partial charge in [-0.15, -0.1) is 0 Å². The summed E-state index contributed by atoms with van der Waals surface area (Å²) in [6, 6.07) is 10.6. The Morgan fingerprint density at radius 1 is 1.00 bits per heavy atom. The highest BCUT2D eigenvalue weighted by Gasteiger charge is 2.09. The highest BCUT2D eigenvalue weighted by atomic mass is 16.7. The Kier molecular flexibility index (Phi) is 8.47. The first kappa shape index (κ1) is 16.2. The predicted octanol–water partition coefficient (Wildman–Crippen LogP) is 2.95. The molecular weight excluding hydrogens is 238 g/mol. The molecule has 0 radical (unpaired) electrons. The summed E-state index contributed by atoms with van der Waals surface area (Å²) in [5, 5.41) is 0. The fourth-order valence-electron chi connectivity index (χ4n) is 1.99. The minimum atomic E-state index is -0.0609. The second-order valence-corrected chi connectivity index (χ2v) is 4.67. The summed E-state index contributed by atoms with van der Waals surface area (Å²) in [7, 11) is 2.15. The number of likely N-dealkylation sites (N-methyl/N-ethyl adjacent to an activating group) is 1. The highest BCUT2D eigenvalue weighted by Crippen LogP contribution is 2.04. The standard InChI is InChI=1S/C16H27NO2/c1-4-18-16(19-5-2)12-14-17(3)13-11-15-9-7-6-8-10-15/h6-10,16H,4-5,11-14H2,1-3H3. The maximum absolute atomic E-state index is 5.55. The van der Waals surface area contributed by atoms with E-state index in [2.05, 4.69) is 42.3 Å². The molecule has 0 bridgehead atoms. The summed E-state index contributed by atoms with van der Waals surface area (Å²) >= 11 is 0. The summed E-state index contributed by atoms with van der Waals surface area (Å²) in [5.41, 5.74) is 1.39. The Hall–Kier alpha value is -0.900. The molecule has 0 spiro atoms. The smallest absolute Gasteiger partial charge is 0.158 e. The summed E-state index contributed by atoms with van der Waals surface area (Å²) < 4.78 is 11.1. The van der Waals surface area contributed by atoms with Crippen LogP contribution in [0.1, 0.15) is 25.8 Å². The van der Waals surface area contributed by atoms with Crippen LogP contribution in [0.4, 0.5) is 0 Å². The lowest BCUT2D eigenvalue weighted by molar-refractivity contribution is -0.141. The van der Waals surface area contributed by atoms with Crippen LogP contribution in [0.25, 0.3) is 0 Å². The van der Waals surface area contributed by atoms with E-state index in [1.54, 1.807) is 0 Å². The van der Waals surface area contributed by atoms with Gasteiger partial charge in [-0.25, -0.2) is 0 Å². The Bertz CT molecular complexity index is 310. The molecular formula is C16H27NO2. The maximum Gasteiger partial charge on any atom is 0.158 e. The van der Waals surface area contributed by atoms with Crippen molar-refractivity contribution in [1.29, 1.82) is 0 Å². The third-order valence-corrected chi connectivity index (χ3v) is 3.08. The molecule has 19 heavy (non-hydrogen) atoms. The van der Waals surface area contributed by atoms with Crippen molar-refractivity contribution < 1.29 is 9.47 Å². The molecule has 3 heteroatoms. The van der Waals surface area contributed by atoms with Gasteiger partial charge >= 0.3 is 0 Å². The van der Waals surface area contributed by atoms with Crippen molar-refractivity contribution >= 4 is 0 Å². The predicted molar refractivity (Wildman–Crippen MR) is 79.3 cm³/mol. The third-order valence-electron chi connectivity index (χ3n) is 3.08. The van der Waals surface area contributed by atoms with Gasteiger partial charge in [-0.2, -0.15) is 0 Å². The van der Waals surface area contributed by atoms with E-state index in [9.17, 15) is 0 Å². The second-order valence-electron chi connectivity index (χ2n) is 4.67. The fourth-order valence-corrected chi connectivity index (χ4v) is 1.99. The van der Waals surface area contributed by atoms with Crippen molar-refractivity contribution in [2.75, 3.05) is 33.4 Å². The monoisotopic (exact) mass is 265 g/mol. The Morgan fingerprint density at radius 2 is 1.63 bits per heavy atom.